The molecule has 0 saturated heterocycles. The van der Waals surface area contributed by atoms with E-state index in [-0.39, 0.29) is 11.7 Å². The molecule has 1 aromatic carbocycles. The van der Waals surface area contributed by atoms with E-state index in [2.05, 4.69) is 0 Å². The van der Waals surface area contributed by atoms with Gasteiger partial charge in [0, 0.05) is 11.6 Å². The highest BCUT2D eigenvalue weighted by atomic mass is 16.5. The number of hydrogen-bond acceptors (Lipinski definition) is 5. The Kier molecular flexibility index (Phi) is 5.73. The fourth-order valence-corrected chi connectivity index (χ4v) is 1.71. The van der Waals surface area contributed by atoms with Crippen LogP contribution in [0.15, 0.2) is 24.2 Å². The van der Waals surface area contributed by atoms with Gasteiger partial charge in [0.15, 0.2) is 11.5 Å². The van der Waals surface area contributed by atoms with E-state index in [0.29, 0.717) is 17.2 Å². The van der Waals surface area contributed by atoms with Crippen molar-refractivity contribution in [3.63, 3.8) is 0 Å². The minimum absolute atomic E-state index is 0.0709. The van der Waals surface area contributed by atoms with Crippen molar-refractivity contribution < 1.29 is 18.9 Å². The quantitative estimate of drug-likeness (QED) is 0.590. The Hall–Kier alpha value is -2.35. The van der Waals surface area contributed by atoms with Gasteiger partial charge in [-0.25, -0.2) is 0 Å². The number of rotatable bonds is 6. The molecule has 0 saturated carbocycles. The van der Waals surface area contributed by atoms with Gasteiger partial charge in [-0.15, -0.1) is 0 Å². The first-order valence-corrected chi connectivity index (χ1v) is 6.14. The maximum atomic E-state index is 9.00. The standard InChI is InChI=1S/C15H19NO4/c1-10(2)12-6-14(18-4)15(19-5)7-13(12)20-11(8-16)9-17-3/h6-7,9-10H,1-5H3/b11-9-. The summed E-state index contributed by atoms with van der Waals surface area (Å²) in [7, 11) is 4.58. The van der Waals surface area contributed by atoms with Crippen LogP contribution in [-0.4, -0.2) is 21.3 Å². The van der Waals surface area contributed by atoms with Gasteiger partial charge < -0.3 is 18.9 Å². The lowest BCUT2D eigenvalue weighted by Gasteiger charge is -2.17. The average molecular weight is 277 g/mol. The fraction of sp³-hybridized carbons (Fsp3) is 0.400. The molecular formula is C15H19NO4. The predicted molar refractivity (Wildman–Crippen MR) is 75.0 cm³/mol. The van der Waals surface area contributed by atoms with Crippen LogP contribution in [0.3, 0.4) is 0 Å². The van der Waals surface area contributed by atoms with E-state index in [1.165, 1.54) is 13.4 Å². The summed E-state index contributed by atoms with van der Waals surface area (Å²) in [6.07, 6.45) is 1.25. The number of ether oxygens (including phenoxy) is 4. The van der Waals surface area contributed by atoms with Crippen molar-refractivity contribution in [3.8, 4) is 23.3 Å². The molecule has 1 aromatic rings. The van der Waals surface area contributed by atoms with Crippen LogP contribution < -0.4 is 14.2 Å². The molecule has 20 heavy (non-hydrogen) atoms. The van der Waals surface area contributed by atoms with Crippen molar-refractivity contribution in [3.05, 3.63) is 29.7 Å². The smallest absolute Gasteiger partial charge is 0.238 e. The van der Waals surface area contributed by atoms with Gasteiger partial charge in [-0.05, 0) is 12.0 Å². The maximum Gasteiger partial charge on any atom is 0.238 e. The van der Waals surface area contributed by atoms with Crippen LogP contribution in [0, 0.1) is 11.3 Å². The molecule has 0 aliphatic rings. The highest BCUT2D eigenvalue weighted by Gasteiger charge is 2.16. The van der Waals surface area contributed by atoms with Crippen LogP contribution in [0.2, 0.25) is 0 Å². The molecule has 0 atom stereocenters. The van der Waals surface area contributed by atoms with Crippen LogP contribution in [0.5, 0.6) is 17.2 Å². The second-order valence-corrected chi connectivity index (χ2v) is 4.33. The largest absolute Gasteiger partial charge is 0.500 e. The van der Waals surface area contributed by atoms with Gasteiger partial charge in [0.2, 0.25) is 5.76 Å². The third kappa shape index (κ3) is 3.58. The Morgan fingerprint density at radius 2 is 1.70 bits per heavy atom. The van der Waals surface area contributed by atoms with E-state index in [1.807, 2.05) is 26.0 Å². The van der Waals surface area contributed by atoms with E-state index in [4.69, 9.17) is 24.2 Å². The summed E-state index contributed by atoms with van der Waals surface area (Å²) in [4.78, 5) is 0. The van der Waals surface area contributed by atoms with Gasteiger partial charge in [0.25, 0.3) is 0 Å². The molecule has 0 aliphatic carbocycles. The Labute approximate surface area is 119 Å². The average Bonchev–Trinajstić information content (AvgIpc) is 2.45. The van der Waals surface area contributed by atoms with Crippen LogP contribution in [0.4, 0.5) is 0 Å². The molecular weight excluding hydrogens is 258 g/mol. The number of nitrogens with zero attached hydrogens (tertiary/aromatic N) is 1. The van der Waals surface area contributed by atoms with Gasteiger partial charge in [0.1, 0.15) is 18.1 Å². The van der Waals surface area contributed by atoms with E-state index in [0.717, 1.165) is 5.56 Å². The van der Waals surface area contributed by atoms with Gasteiger partial charge in [0.05, 0.1) is 21.3 Å². The molecule has 0 fully saturated rings. The van der Waals surface area contributed by atoms with Gasteiger partial charge in [-0.1, -0.05) is 13.8 Å². The molecule has 0 bridgehead atoms. The van der Waals surface area contributed by atoms with Crippen molar-refractivity contribution in [2.24, 2.45) is 0 Å². The van der Waals surface area contributed by atoms with Crippen LogP contribution >= 0.6 is 0 Å². The summed E-state index contributed by atoms with van der Waals surface area (Å²) in [5.41, 5.74) is 0.917. The monoisotopic (exact) mass is 277 g/mol. The highest BCUT2D eigenvalue weighted by molar-refractivity contribution is 5.52. The zero-order chi connectivity index (χ0) is 15.1. The lowest BCUT2D eigenvalue weighted by Crippen LogP contribution is -2.01. The molecule has 1 rings (SSSR count). The number of hydrogen-bond donors (Lipinski definition) is 0. The van der Waals surface area contributed by atoms with E-state index >= 15 is 0 Å². The number of benzene rings is 1. The number of nitriles is 1. The molecule has 0 radical (unpaired) electrons. The fourth-order valence-electron chi connectivity index (χ4n) is 1.71. The Morgan fingerprint density at radius 3 is 2.15 bits per heavy atom. The second-order valence-electron chi connectivity index (χ2n) is 4.33. The van der Waals surface area contributed by atoms with E-state index < -0.39 is 0 Å². The summed E-state index contributed by atoms with van der Waals surface area (Å²) in [5, 5.41) is 9.00. The molecule has 108 valence electrons. The third-order valence-corrected chi connectivity index (χ3v) is 2.69. The first-order valence-electron chi connectivity index (χ1n) is 6.14. The normalized spacial score (nSPS) is 10.9. The van der Waals surface area contributed by atoms with E-state index in [1.54, 1.807) is 20.3 Å². The molecule has 5 heteroatoms. The molecule has 0 N–H and O–H groups in total. The summed E-state index contributed by atoms with van der Waals surface area (Å²) in [6.45, 7) is 4.06. The van der Waals surface area contributed by atoms with Crippen LogP contribution in [0.1, 0.15) is 25.3 Å². The predicted octanol–water partition coefficient (Wildman–Crippen LogP) is 3.22. The van der Waals surface area contributed by atoms with Crippen molar-refractivity contribution in [2.75, 3.05) is 21.3 Å². The first-order chi connectivity index (χ1) is 9.57. The molecule has 0 heterocycles. The van der Waals surface area contributed by atoms with Crippen molar-refractivity contribution in [2.45, 2.75) is 19.8 Å². The van der Waals surface area contributed by atoms with Gasteiger partial charge in [-0.3, -0.25) is 0 Å². The minimum atomic E-state index is 0.0709. The molecule has 0 spiro atoms. The molecule has 0 aliphatic heterocycles. The topological polar surface area (TPSA) is 60.7 Å². The number of methoxy groups -OCH3 is 3. The summed E-state index contributed by atoms with van der Waals surface area (Å²) in [6, 6.07) is 5.48. The van der Waals surface area contributed by atoms with Crippen LogP contribution in [0.25, 0.3) is 0 Å². The van der Waals surface area contributed by atoms with Crippen LogP contribution in [-0.2, 0) is 4.74 Å². The minimum Gasteiger partial charge on any atom is -0.500 e. The number of allylic oxidation sites excluding steroid dienone is 1. The van der Waals surface area contributed by atoms with Crippen molar-refractivity contribution >= 4 is 0 Å². The Morgan fingerprint density at radius 1 is 1.10 bits per heavy atom. The lowest BCUT2D eigenvalue weighted by molar-refractivity contribution is 0.308. The summed E-state index contributed by atoms with van der Waals surface area (Å²) in [5.74, 6) is 1.98. The molecule has 0 unspecified atom stereocenters. The zero-order valence-corrected chi connectivity index (χ0v) is 12.4. The first kappa shape index (κ1) is 15.7. The Balaban J connectivity index is 3.29. The molecule has 5 nitrogen and oxygen atoms in total. The zero-order valence-electron chi connectivity index (χ0n) is 12.4. The highest BCUT2D eigenvalue weighted by Crippen LogP contribution is 2.38. The van der Waals surface area contributed by atoms with Crippen molar-refractivity contribution in [1.82, 2.24) is 0 Å². The second kappa shape index (κ2) is 7.29. The Bertz CT molecular complexity index is 529. The lowest BCUT2D eigenvalue weighted by atomic mass is 10.0. The third-order valence-electron chi connectivity index (χ3n) is 2.69. The van der Waals surface area contributed by atoms with Gasteiger partial charge in [-0.2, -0.15) is 5.26 Å². The molecule has 0 aromatic heterocycles. The summed E-state index contributed by atoms with van der Waals surface area (Å²) >= 11 is 0. The SMILES string of the molecule is CO/C=C(/C#N)Oc1cc(OC)c(OC)cc1C(C)C. The van der Waals surface area contributed by atoms with E-state index in [9.17, 15) is 0 Å². The van der Waals surface area contributed by atoms with Gasteiger partial charge >= 0.3 is 0 Å². The maximum absolute atomic E-state index is 9.00. The van der Waals surface area contributed by atoms with Crippen molar-refractivity contribution in [1.29, 1.82) is 5.26 Å². The summed E-state index contributed by atoms with van der Waals surface area (Å²) < 4.78 is 20.9. The molecule has 0 amide bonds.